The van der Waals surface area contributed by atoms with Gasteiger partial charge < -0.3 is 10.6 Å². The number of aromatic nitrogens is 1. The van der Waals surface area contributed by atoms with Gasteiger partial charge in [0.2, 0.25) is 5.91 Å². The highest BCUT2D eigenvalue weighted by Gasteiger charge is 2.23. The van der Waals surface area contributed by atoms with E-state index in [0.29, 0.717) is 6.54 Å². The zero-order chi connectivity index (χ0) is 14.7. The van der Waals surface area contributed by atoms with Crippen LogP contribution in [0.1, 0.15) is 21.8 Å². The van der Waals surface area contributed by atoms with Crippen LogP contribution in [-0.4, -0.2) is 23.5 Å². The smallest absolute Gasteiger partial charge is 0.237 e. The molecular weight excluding hydrogens is 282 g/mol. The summed E-state index contributed by atoms with van der Waals surface area (Å²) in [5, 5.41) is 9.43. The van der Waals surface area contributed by atoms with Crippen molar-refractivity contribution < 1.29 is 4.79 Å². The van der Waals surface area contributed by atoms with Gasteiger partial charge in [-0.3, -0.25) is 4.79 Å². The van der Waals surface area contributed by atoms with Crippen LogP contribution in [0.4, 0.5) is 0 Å². The number of nitrogens with zero attached hydrogens (tertiary/aromatic N) is 1. The lowest BCUT2D eigenvalue weighted by molar-refractivity contribution is -0.123. The maximum absolute atomic E-state index is 12.2. The zero-order valence-corrected chi connectivity index (χ0v) is 12.9. The minimum atomic E-state index is -0.127. The van der Waals surface area contributed by atoms with E-state index in [2.05, 4.69) is 27.8 Å². The Morgan fingerprint density at radius 3 is 3.00 bits per heavy atom. The van der Waals surface area contributed by atoms with Gasteiger partial charge in [-0.15, -0.1) is 11.3 Å². The van der Waals surface area contributed by atoms with Crippen molar-refractivity contribution in [2.24, 2.45) is 0 Å². The SMILES string of the molecule is Cc1csc(CCNC(=O)[C@@H]2Cc3ccccc3CN2)n1. The van der Waals surface area contributed by atoms with Gasteiger partial charge in [-0.2, -0.15) is 0 Å². The fourth-order valence-corrected chi connectivity index (χ4v) is 3.35. The molecule has 0 fully saturated rings. The van der Waals surface area contributed by atoms with Crippen molar-refractivity contribution in [1.82, 2.24) is 15.6 Å². The third kappa shape index (κ3) is 3.49. The number of fused-ring (bicyclic) bond motifs is 1. The Labute approximate surface area is 128 Å². The van der Waals surface area contributed by atoms with E-state index < -0.39 is 0 Å². The summed E-state index contributed by atoms with van der Waals surface area (Å²) in [5.74, 6) is 0.0813. The average Bonchev–Trinajstić information content (AvgIpc) is 2.92. The molecule has 1 aromatic heterocycles. The van der Waals surface area contributed by atoms with E-state index in [9.17, 15) is 4.79 Å². The molecule has 1 atom stereocenters. The number of hydrogen-bond donors (Lipinski definition) is 2. The van der Waals surface area contributed by atoms with Crippen molar-refractivity contribution in [2.75, 3.05) is 6.54 Å². The Morgan fingerprint density at radius 1 is 1.43 bits per heavy atom. The van der Waals surface area contributed by atoms with Crippen molar-refractivity contribution in [3.05, 3.63) is 51.5 Å². The van der Waals surface area contributed by atoms with Crippen LogP contribution in [0.2, 0.25) is 0 Å². The van der Waals surface area contributed by atoms with Crippen LogP contribution in [-0.2, 0) is 24.2 Å². The van der Waals surface area contributed by atoms with Gasteiger partial charge in [0.25, 0.3) is 0 Å². The van der Waals surface area contributed by atoms with E-state index >= 15 is 0 Å². The molecule has 2 N–H and O–H groups in total. The summed E-state index contributed by atoms with van der Waals surface area (Å²) in [6.07, 6.45) is 1.56. The maximum atomic E-state index is 12.2. The number of aryl methyl sites for hydroxylation is 1. The molecule has 1 aliphatic rings. The molecule has 110 valence electrons. The molecule has 5 heteroatoms. The molecule has 0 saturated carbocycles. The second-order valence-corrected chi connectivity index (χ2v) is 6.27. The lowest BCUT2D eigenvalue weighted by Gasteiger charge is -2.25. The van der Waals surface area contributed by atoms with Crippen LogP contribution in [0.5, 0.6) is 0 Å². The summed E-state index contributed by atoms with van der Waals surface area (Å²) in [6, 6.07) is 8.16. The molecule has 4 nitrogen and oxygen atoms in total. The van der Waals surface area contributed by atoms with Gasteiger partial charge in [0.15, 0.2) is 0 Å². The quantitative estimate of drug-likeness (QED) is 0.906. The van der Waals surface area contributed by atoms with Crippen LogP contribution >= 0.6 is 11.3 Å². The van der Waals surface area contributed by atoms with Crippen LogP contribution in [0, 0.1) is 6.92 Å². The number of rotatable bonds is 4. The fourth-order valence-electron chi connectivity index (χ4n) is 2.57. The first-order valence-corrected chi connectivity index (χ1v) is 8.09. The molecule has 0 saturated heterocycles. The number of hydrogen-bond acceptors (Lipinski definition) is 4. The number of amides is 1. The topological polar surface area (TPSA) is 54.0 Å². The van der Waals surface area contributed by atoms with E-state index in [1.807, 2.05) is 24.4 Å². The summed E-state index contributed by atoms with van der Waals surface area (Å²) < 4.78 is 0. The Balaban J connectivity index is 1.50. The van der Waals surface area contributed by atoms with Gasteiger partial charge in [-0.05, 0) is 24.5 Å². The van der Waals surface area contributed by atoms with Crippen LogP contribution in [0.3, 0.4) is 0 Å². The van der Waals surface area contributed by atoms with Crippen LogP contribution in [0.15, 0.2) is 29.6 Å². The molecule has 0 spiro atoms. The van der Waals surface area contributed by atoms with Crippen molar-refractivity contribution in [1.29, 1.82) is 0 Å². The molecule has 2 heterocycles. The zero-order valence-electron chi connectivity index (χ0n) is 12.1. The number of carbonyl (C=O) groups excluding carboxylic acids is 1. The molecule has 0 unspecified atom stereocenters. The molecule has 1 aliphatic heterocycles. The third-order valence-electron chi connectivity index (χ3n) is 3.70. The molecule has 0 radical (unpaired) electrons. The number of benzene rings is 1. The highest BCUT2D eigenvalue weighted by Crippen LogP contribution is 2.16. The summed E-state index contributed by atoms with van der Waals surface area (Å²) in [5.41, 5.74) is 3.61. The fraction of sp³-hybridized carbons (Fsp3) is 0.375. The molecular formula is C16H19N3OS. The third-order valence-corrected chi connectivity index (χ3v) is 4.73. The van der Waals surface area contributed by atoms with Crippen LogP contribution < -0.4 is 10.6 Å². The second-order valence-electron chi connectivity index (χ2n) is 5.33. The van der Waals surface area contributed by atoms with Crippen molar-refractivity contribution in [3.8, 4) is 0 Å². The summed E-state index contributed by atoms with van der Waals surface area (Å²) in [7, 11) is 0. The lowest BCUT2D eigenvalue weighted by atomic mass is 9.95. The highest BCUT2D eigenvalue weighted by molar-refractivity contribution is 7.09. The van der Waals surface area contributed by atoms with Gasteiger partial charge in [-0.1, -0.05) is 24.3 Å². The molecule has 3 rings (SSSR count). The molecule has 21 heavy (non-hydrogen) atoms. The number of thiazole rings is 1. The average molecular weight is 301 g/mol. The molecule has 2 aromatic rings. The van der Waals surface area contributed by atoms with Gasteiger partial charge in [0.05, 0.1) is 11.0 Å². The molecule has 1 amide bonds. The van der Waals surface area contributed by atoms with E-state index in [1.54, 1.807) is 11.3 Å². The van der Waals surface area contributed by atoms with Crippen molar-refractivity contribution in [2.45, 2.75) is 32.4 Å². The Hall–Kier alpha value is -1.72. The minimum absolute atomic E-state index is 0.0813. The Morgan fingerprint density at radius 2 is 2.24 bits per heavy atom. The van der Waals surface area contributed by atoms with E-state index in [-0.39, 0.29) is 11.9 Å². The van der Waals surface area contributed by atoms with Crippen molar-refractivity contribution in [3.63, 3.8) is 0 Å². The first-order valence-electron chi connectivity index (χ1n) is 7.21. The van der Waals surface area contributed by atoms with Gasteiger partial charge >= 0.3 is 0 Å². The van der Waals surface area contributed by atoms with Gasteiger partial charge in [0.1, 0.15) is 0 Å². The van der Waals surface area contributed by atoms with Crippen LogP contribution in [0.25, 0.3) is 0 Å². The van der Waals surface area contributed by atoms with Gasteiger partial charge in [0, 0.05) is 30.6 Å². The lowest BCUT2D eigenvalue weighted by Crippen LogP contribution is -2.48. The minimum Gasteiger partial charge on any atom is -0.354 e. The number of nitrogens with one attached hydrogen (secondary N) is 2. The molecule has 1 aromatic carbocycles. The van der Waals surface area contributed by atoms with Gasteiger partial charge in [-0.25, -0.2) is 4.98 Å². The summed E-state index contributed by atoms with van der Waals surface area (Å²) >= 11 is 1.65. The monoisotopic (exact) mass is 301 g/mol. The normalized spacial score (nSPS) is 17.3. The predicted octanol–water partition coefficient (Wildman–Crippen LogP) is 1.82. The summed E-state index contributed by atoms with van der Waals surface area (Å²) in [6.45, 7) is 3.40. The molecule has 0 bridgehead atoms. The van der Waals surface area contributed by atoms with Crippen molar-refractivity contribution >= 4 is 17.2 Å². The maximum Gasteiger partial charge on any atom is 0.237 e. The highest BCUT2D eigenvalue weighted by atomic mass is 32.1. The number of carbonyl (C=O) groups is 1. The standard InChI is InChI=1S/C16H19N3OS/c1-11-10-21-15(19-11)6-7-17-16(20)14-8-12-4-2-3-5-13(12)9-18-14/h2-5,10,14,18H,6-9H2,1H3,(H,17,20)/t14-/m0/s1. The van der Waals surface area contributed by atoms with E-state index in [4.69, 9.17) is 0 Å². The molecule has 0 aliphatic carbocycles. The largest absolute Gasteiger partial charge is 0.354 e. The second kappa shape index (κ2) is 6.37. The van der Waals surface area contributed by atoms with E-state index in [1.165, 1.54) is 11.1 Å². The Bertz CT molecular complexity index is 638. The first kappa shape index (κ1) is 14.2. The Kier molecular flexibility index (Phi) is 4.31. The van der Waals surface area contributed by atoms with E-state index in [0.717, 1.165) is 30.1 Å². The predicted molar refractivity (Wildman–Crippen MR) is 84.3 cm³/mol. The summed E-state index contributed by atoms with van der Waals surface area (Å²) in [4.78, 5) is 16.6. The first-order chi connectivity index (χ1) is 10.2.